The Balaban J connectivity index is 1.60. The number of rotatable bonds is 8. The summed E-state index contributed by atoms with van der Waals surface area (Å²) in [7, 11) is 1.87. The van der Waals surface area contributed by atoms with Crippen LogP contribution in [0.4, 0.5) is 5.00 Å². The maximum absolute atomic E-state index is 12.2. The molecule has 1 amide bonds. The predicted molar refractivity (Wildman–Crippen MR) is 115 cm³/mol. The fourth-order valence-corrected chi connectivity index (χ4v) is 3.91. The fraction of sp³-hybridized carbons (Fsp3) is 0.300. The number of anilines is 1. The minimum absolute atomic E-state index is 0.177. The first kappa shape index (κ1) is 20.9. The van der Waals surface area contributed by atoms with E-state index in [4.69, 9.17) is 10.00 Å². The Kier molecular flexibility index (Phi) is 6.90. The van der Waals surface area contributed by atoms with Crippen molar-refractivity contribution < 1.29 is 9.53 Å². The van der Waals surface area contributed by atoms with Crippen molar-refractivity contribution in [1.29, 1.82) is 5.26 Å². The zero-order chi connectivity index (χ0) is 20.8. The smallest absolute Gasteiger partial charge is 0.235 e. The molecule has 0 saturated carbocycles. The number of carbonyl (C=O) groups excluding carboxylic acids is 1. The molecule has 150 valence electrons. The van der Waals surface area contributed by atoms with Gasteiger partial charge in [0.05, 0.1) is 17.9 Å². The van der Waals surface area contributed by atoms with Gasteiger partial charge in [-0.25, -0.2) is 0 Å². The highest BCUT2D eigenvalue weighted by Gasteiger charge is 2.14. The van der Waals surface area contributed by atoms with Crippen LogP contribution in [0.2, 0.25) is 0 Å². The van der Waals surface area contributed by atoms with Gasteiger partial charge in [0, 0.05) is 12.6 Å². The molecular weight excluding hydrogens is 406 g/mol. The summed E-state index contributed by atoms with van der Waals surface area (Å²) >= 11 is 2.62. The van der Waals surface area contributed by atoms with Gasteiger partial charge in [-0.3, -0.25) is 4.79 Å². The van der Waals surface area contributed by atoms with Crippen molar-refractivity contribution in [3.8, 4) is 23.2 Å². The lowest BCUT2D eigenvalue weighted by Gasteiger charge is -2.09. The number of nitrogens with one attached hydrogen (secondary N) is 1. The molecule has 2 heterocycles. The first-order chi connectivity index (χ1) is 14.0. The summed E-state index contributed by atoms with van der Waals surface area (Å²) in [5, 5.41) is 23.2. The molecule has 7 nitrogen and oxygen atoms in total. The van der Waals surface area contributed by atoms with Crippen molar-refractivity contribution >= 4 is 34.0 Å². The average molecular weight is 428 g/mol. The highest BCUT2D eigenvalue weighted by Crippen LogP contribution is 2.26. The summed E-state index contributed by atoms with van der Waals surface area (Å²) in [4.78, 5) is 12.2. The van der Waals surface area contributed by atoms with Crippen molar-refractivity contribution in [3.63, 3.8) is 0 Å². The number of nitrogens with zero attached hydrogens (tertiary/aromatic N) is 4. The van der Waals surface area contributed by atoms with Crippen LogP contribution >= 0.6 is 23.1 Å². The van der Waals surface area contributed by atoms with E-state index in [0.29, 0.717) is 34.1 Å². The standard InChI is InChI=1S/C20H21N5O2S2/c1-13(2)11-27-16-6-4-14(5-7-16)18-23-24-20(25(18)3)29-12-17(26)22-19-15(10-21)8-9-28-19/h4-9,13H,11-12H2,1-3H3,(H,22,26). The van der Waals surface area contributed by atoms with Gasteiger partial charge < -0.3 is 14.6 Å². The number of amides is 1. The Labute approximate surface area is 177 Å². The number of benzene rings is 1. The van der Waals surface area contributed by atoms with Crippen LogP contribution in [0, 0.1) is 17.2 Å². The Hall–Kier alpha value is -2.83. The van der Waals surface area contributed by atoms with Crippen LogP contribution in [-0.4, -0.2) is 33.0 Å². The molecule has 1 N–H and O–H groups in total. The van der Waals surface area contributed by atoms with E-state index in [9.17, 15) is 4.79 Å². The van der Waals surface area contributed by atoms with Crippen LogP contribution in [0.5, 0.6) is 5.75 Å². The molecule has 2 aromatic heterocycles. The Morgan fingerprint density at radius 2 is 2.07 bits per heavy atom. The highest BCUT2D eigenvalue weighted by atomic mass is 32.2. The van der Waals surface area contributed by atoms with Crippen molar-refractivity contribution in [2.75, 3.05) is 17.7 Å². The summed E-state index contributed by atoms with van der Waals surface area (Å²) in [6.45, 7) is 4.89. The lowest BCUT2D eigenvalue weighted by molar-refractivity contribution is -0.113. The summed E-state index contributed by atoms with van der Waals surface area (Å²) in [5.41, 5.74) is 1.39. The Morgan fingerprint density at radius 3 is 2.76 bits per heavy atom. The van der Waals surface area contributed by atoms with Gasteiger partial charge in [-0.05, 0) is 41.6 Å². The van der Waals surface area contributed by atoms with Crippen LogP contribution in [0.15, 0.2) is 40.9 Å². The number of hydrogen-bond acceptors (Lipinski definition) is 7. The third-order valence-electron chi connectivity index (χ3n) is 3.90. The second-order valence-electron chi connectivity index (χ2n) is 6.71. The van der Waals surface area contributed by atoms with E-state index in [1.165, 1.54) is 23.1 Å². The SMILES string of the molecule is CC(C)COc1ccc(-c2nnc(SCC(=O)Nc3sccc3C#N)n2C)cc1. The minimum Gasteiger partial charge on any atom is -0.493 e. The van der Waals surface area contributed by atoms with Gasteiger partial charge in [-0.15, -0.1) is 21.5 Å². The first-order valence-electron chi connectivity index (χ1n) is 9.00. The molecular formula is C20H21N5O2S2. The predicted octanol–water partition coefficient (Wildman–Crippen LogP) is 4.18. The lowest BCUT2D eigenvalue weighted by Crippen LogP contribution is -2.14. The van der Waals surface area contributed by atoms with Gasteiger partial charge in [0.2, 0.25) is 5.91 Å². The number of hydrogen-bond donors (Lipinski definition) is 1. The van der Waals surface area contributed by atoms with Crippen molar-refractivity contribution in [3.05, 3.63) is 41.3 Å². The number of nitriles is 1. The molecule has 0 saturated heterocycles. The molecule has 1 aromatic carbocycles. The van der Waals surface area contributed by atoms with Crippen LogP contribution in [-0.2, 0) is 11.8 Å². The van der Waals surface area contributed by atoms with Crippen LogP contribution in [0.1, 0.15) is 19.4 Å². The van der Waals surface area contributed by atoms with Crippen molar-refractivity contribution in [1.82, 2.24) is 14.8 Å². The minimum atomic E-state index is -0.190. The van der Waals surface area contributed by atoms with Gasteiger partial charge >= 0.3 is 0 Å². The lowest BCUT2D eigenvalue weighted by atomic mass is 10.2. The van der Waals surface area contributed by atoms with Crippen LogP contribution < -0.4 is 10.1 Å². The zero-order valence-corrected chi connectivity index (χ0v) is 18.0. The molecule has 0 fully saturated rings. The van der Waals surface area contributed by atoms with Gasteiger partial charge in [0.25, 0.3) is 0 Å². The van der Waals surface area contributed by atoms with Gasteiger partial charge in [-0.1, -0.05) is 25.6 Å². The van der Waals surface area contributed by atoms with Crippen LogP contribution in [0.3, 0.4) is 0 Å². The molecule has 0 spiro atoms. The van der Waals surface area contributed by atoms with Crippen LogP contribution in [0.25, 0.3) is 11.4 Å². The summed E-state index contributed by atoms with van der Waals surface area (Å²) in [6.07, 6.45) is 0. The second-order valence-corrected chi connectivity index (χ2v) is 8.57. The summed E-state index contributed by atoms with van der Waals surface area (Å²) < 4.78 is 7.56. The van der Waals surface area contributed by atoms with Gasteiger partial charge in [0.15, 0.2) is 11.0 Å². The third-order valence-corrected chi connectivity index (χ3v) is 5.75. The molecule has 0 bridgehead atoms. The quantitative estimate of drug-likeness (QED) is 0.542. The number of carbonyl (C=O) groups is 1. The van der Waals surface area contributed by atoms with Crippen molar-refractivity contribution in [2.45, 2.75) is 19.0 Å². The third kappa shape index (κ3) is 5.37. The molecule has 9 heteroatoms. The number of ether oxygens (including phenoxy) is 1. The molecule has 3 rings (SSSR count). The molecule has 0 atom stereocenters. The topological polar surface area (TPSA) is 92.8 Å². The average Bonchev–Trinajstić information content (AvgIpc) is 3.31. The Bertz CT molecular complexity index is 1020. The molecule has 0 aliphatic heterocycles. The van der Waals surface area contributed by atoms with E-state index in [2.05, 4.69) is 35.4 Å². The van der Waals surface area contributed by atoms with E-state index in [-0.39, 0.29) is 11.7 Å². The monoisotopic (exact) mass is 427 g/mol. The molecule has 3 aromatic rings. The summed E-state index contributed by atoms with van der Waals surface area (Å²) in [6, 6.07) is 11.5. The maximum Gasteiger partial charge on any atom is 0.235 e. The molecule has 0 aliphatic carbocycles. The number of aromatic nitrogens is 3. The Morgan fingerprint density at radius 1 is 1.31 bits per heavy atom. The zero-order valence-electron chi connectivity index (χ0n) is 16.4. The van der Waals surface area contributed by atoms with E-state index >= 15 is 0 Å². The normalized spacial score (nSPS) is 10.7. The molecule has 29 heavy (non-hydrogen) atoms. The van der Waals surface area contributed by atoms with E-state index in [1.54, 1.807) is 11.4 Å². The number of thiophene rings is 1. The van der Waals surface area contributed by atoms with Gasteiger partial charge in [-0.2, -0.15) is 5.26 Å². The van der Waals surface area contributed by atoms with E-state index in [0.717, 1.165) is 11.3 Å². The van der Waals surface area contributed by atoms with Crippen molar-refractivity contribution in [2.24, 2.45) is 13.0 Å². The fourth-order valence-electron chi connectivity index (χ4n) is 2.44. The maximum atomic E-state index is 12.2. The van der Waals surface area contributed by atoms with Gasteiger partial charge in [0.1, 0.15) is 16.8 Å². The molecule has 0 aliphatic rings. The number of thioether (sulfide) groups is 1. The second kappa shape index (κ2) is 9.58. The molecule has 0 radical (unpaired) electrons. The molecule has 0 unspecified atom stereocenters. The largest absolute Gasteiger partial charge is 0.493 e. The highest BCUT2D eigenvalue weighted by molar-refractivity contribution is 7.99. The first-order valence-corrected chi connectivity index (χ1v) is 10.9. The van der Waals surface area contributed by atoms with E-state index in [1.807, 2.05) is 35.9 Å². The van der Waals surface area contributed by atoms with E-state index < -0.39 is 0 Å². The summed E-state index contributed by atoms with van der Waals surface area (Å²) in [5.74, 6) is 1.99.